The van der Waals surface area contributed by atoms with E-state index < -0.39 is 0 Å². The number of anilines is 1. The van der Waals surface area contributed by atoms with Crippen LogP contribution in [-0.2, 0) is 6.42 Å². The Kier molecular flexibility index (Phi) is 3.88. The van der Waals surface area contributed by atoms with Gasteiger partial charge < -0.3 is 5.32 Å². The summed E-state index contributed by atoms with van der Waals surface area (Å²) in [6.07, 6.45) is 3.17. The van der Waals surface area contributed by atoms with Crippen molar-refractivity contribution in [3.05, 3.63) is 62.3 Å². The SMILES string of the molecule is CC(C)n1c(=O)cc(N[C@@H]2CCCc3ccccc32)[nH]c1=O. The second kappa shape index (κ2) is 5.83. The Morgan fingerprint density at radius 2 is 2.05 bits per heavy atom. The molecule has 0 aliphatic heterocycles. The summed E-state index contributed by atoms with van der Waals surface area (Å²) in [5, 5.41) is 3.32. The summed E-state index contributed by atoms with van der Waals surface area (Å²) in [6.45, 7) is 3.64. The lowest BCUT2D eigenvalue weighted by atomic mass is 9.88. The fraction of sp³-hybridized carbons (Fsp3) is 0.412. The quantitative estimate of drug-likeness (QED) is 0.915. The molecule has 0 spiro atoms. The third-order valence-electron chi connectivity index (χ3n) is 4.18. The Morgan fingerprint density at radius 3 is 2.77 bits per heavy atom. The van der Waals surface area contributed by atoms with Crippen LogP contribution in [-0.4, -0.2) is 9.55 Å². The maximum Gasteiger partial charge on any atom is 0.330 e. The highest BCUT2D eigenvalue weighted by atomic mass is 16.2. The molecular formula is C17H21N3O2. The van der Waals surface area contributed by atoms with Gasteiger partial charge in [0.1, 0.15) is 5.82 Å². The smallest absolute Gasteiger partial charge is 0.330 e. The van der Waals surface area contributed by atoms with Gasteiger partial charge in [0, 0.05) is 12.1 Å². The van der Waals surface area contributed by atoms with E-state index >= 15 is 0 Å². The van der Waals surface area contributed by atoms with Gasteiger partial charge in [-0.25, -0.2) is 4.79 Å². The minimum absolute atomic E-state index is 0.134. The monoisotopic (exact) mass is 299 g/mol. The van der Waals surface area contributed by atoms with Crippen LogP contribution < -0.4 is 16.6 Å². The van der Waals surface area contributed by atoms with Gasteiger partial charge in [0.2, 0.25) is 0 Å². The van der Waals surface area contributed by atoms with Gasteiger partial charge in [0.15, 0.2) is 0 Å². The highest BCUT2D eigenvalue weighted by Gasteiger charge is 2.20. The van der Waals surface area contributed by atoms with Crippen LogP contribution in [0.1, 0.15) is 49.9 Å². The average molecular weight is 299 g/mol. The first-order valence-electron chi connectivity index (χ1n) is 7.76. The maximum atomic E-state index is 12.1. The van der Waals surface area contributed by atoms with E-state index in [1.54, 1.807) is 0 Å². The van der Waals surface area contributed by atoms with E-state index in [0.717, 1.165) is 19.3 Å². The molecule has 0 saturated heterocycles. The van der Waals surface area contributed by atoms with E-state index in [1.807, 2.05) is 26.0 Å². The summed E-state index contributed by atoms with van der Waals surface area (Å²) >= 11 is 0. The van der Waals surface area contributed by atoms with Gasteiger partial charge in [-0.1, -0.05) is 24.3 Å². The minimum atomic E-state index is -0.367. The topological polar surface area (TPSA) is 66.9 Å². The molecule has 116 valence electrons. The van der Waals surface area contributed by atoms with Crippen LogP contribution in [0, 0.1) is 0 Å². The molecule has 0 bridgehead atoms. The number of rotatable bonds is 3. The van der Waals surface area contributed by atoms with Crippen LogP contribution in [0.3, 0.4) is 0 Å². The first-order valence-corrected chi connectivity index (χ1v) is 7.76. The Bertz CT molecular complexity index is 758. The predicted molar refractivity (Wildman–Crippen MR) is 87.5 cm³/mol. The van der Waals surface area contributed by atoms with Crippen molar-refractivity contribution in [2.75, 3.05) is 5.32 Å². The van der Waals surface area contributed by atoms with Gasteiger partial charge in [-0.2, -0.15) is 0 Å². The molecular weight excluding hydrogens is 278 g/mol. The van der Waals surface area contributed by atoms with E-state index in [1.165, 1.54) is 21.8 Å². The molecule has 1 heterocycles. The lowest BCUT2D eigenvalue weighted by molar-refractivity contribution is 0.544. The summed E-state index contributed by atoms with van der Waals surface area (Å²) in [5.74, 6) is 0.494. The third kappa shape index (κ3) is 2.71. The molecule has 0 fully saturated rings. The van der Waals surface area contributed by atoms with Gasteiger partial charge in [0.25, 0.3) is 5.56 Å². The number of benzene rings is 1. The molecule has 1 aliphatic carbocycles. The molecule has 5 heteroatoms. The predicted octanol–water partition coefficient (Wildman–Crippen LogP) is 2.61. The lowest BCUT2D eigenvalue weighted by Crippen LogP contribution is -2.36. The molecule has 5 nitrogen and oxygen atoms in total. The van der Waals surface area contributed by atoms with Crippen LogP contribution >= 0.6 is 0 Å². The highest BCUT2D eigenvalue weighted by molar-refractivity contribution is 5.41. The highest BCUT2D eigenvalue weighted by Crippen LogP contribution is 2.31. The van der Waals surface area contributed by atoms with Gasteiger partial charge >= 0.3 is 5.69 Å². The van der Waals surface area contributed by atoms with Crippen molar-refractivity contribution in [2.45, 2.75) is 45.2 Å². The van der Waals surface area contributed by atoms with Crippen LogP contribution in [0.4, 0.5) is 5.82 Å². The first-order chi connectivity index (χ1) is 10.6. The van der Waals surface area contributed by atoms with Crippen molar-refractivity contribution in [1.29, 1.82) is 0 Å². The van der Waals surface area contributed by atoms with E-state index in [-0.39, 0.29) is 23.3 Å². The molecule has 2 N–H and O–H groups in total. The lowest BCUT2D eigenvalue weighted by Gasteiger charge is -2.27. The third-order valence-corrected chi connectivity index (χ3v) is 4.18. The number of hydrogen-bond donors (Lipinski definition) is 2. The number of nitrogens with zero attached hydrogens (tertiary/aromatic N) is 1. The molecule has 0 radical (unpaired) electrons. The van der Waals surface area contributed by atoms with Crippen molar-refractivity contribution < 1.29 is 0 Å². The zero-order valence-electron chi connectivity index (χ0n) is 12.9. The first kappa shape index (κ1) is 14.6. The summed E-state index contributed by atoms with van der Waals surface area (Å²) in [4.78, 5) is 26.9. The molecule has 0 unspecified atom stereocenters. The summed E-state index contributed by atoms with van der Waals surface area (Å²) in [7, 11) is 0. The Balaban J connectivity index is 1.92. The molecule has 1 atom stereocenters. The van der Waals surface area contributed by atoms with Gasteiger partial charge in [-0.15, -0.1) is 0 Å². The van der Waals surface area contributed by atoms with Crippen LogP contribution in [0.5, 0.6) is 0 Å². The van der Waals surface area contributed by atoms with Crippen LogP contribution in [0.15, 0.2) is 39.9 Å². The summed E-state index contributed by atoms with van der Waals surface area (Å²) < 4.78 is 1.22. The molecule has 22 heavy (non-hydrogen) atoms. The largest absolute Gasteiger partial charge is 0.365 e. The van der Waals surface area contributed by atoms with Crippen molar-refractivity contribution >= 4 is 5.82 Å². The number of aryl methyl sites for hydroxylation is 1. The summed E-state index contributed by atoms with van der Waals surface area (Å²) in [5.41, 5.74) is 1.95. The number of aromatic amines is 1. The molecule has 0 saturated carbocycles. The van der Waals surface area contributed by atoms with E-state index in [4.69, 9.17) is 0 Å². The molecule has 0 amide bonds. The van der Waals surface area contributed by atoms with Crippen molar-refractivity contribution in [3.8, 4) is 0 Å². The number of aromatic nitrogens is 2. The molecule has 1 aliphatic rings. The Morgan fingerprint density at radius 1 is 1.27 bits per heavy atom. The molecule has 2 aromatic rings. The van der Waals surface area contributed by atoms with Gasteiger partial charge in [-0.3, -0.25) is 14.3 Å². The van der Waals surface area contributed by atoms with Crippen molar-refractivity contribution in [1.82, 2.24) is 9.55 Å². The second-order valence-electron chi connectivity index (χ2n) is 6.08. The number of hydrogen-bond acceptors (Lipinski definition) is 3. The van der Waals surface area contributed by atoms with E-state index in [2.05, 4.69) is 22.4 Å². The Labute approximate surface area is 129 Å². The van der Waals surface area contributed by atoms with Crippen molar-refractivity contribution in [2.24, 2.45) is 0 Å². The molecule has 1 aromatic carbocycles. The minimum Gasteiger partial charge on any atom is -0.365 e. The average Bonchev–Trinajstić information content (AvgIpc) is 2.46. The normalized spacial score (nSPS) is 17.3. The van der Waals surface area contributed by atoms with Gasteiger partial charge in [0.05, 0.1) is 6.04 Å². The van der Waals surface area contributed by atoms with Crippen molar-refractivity contribution in [3.63, 3.8) is 0 Å². The van der Waals surface area contributed by atoms with Gasteiger partial charge in [-0.05, 0) is 44.2 Å². The summed E-state index contributed by atoms with van der Waals surface area (Å²) in [6, 6.07) is 9.78. The van der Waals surface area contributed by atoms with E-state index in [0.29, 0.717) is 5.82 Å². The number of fused-ring (bicyclic) bond motifs is 1. The second-order valence-corrected chi connectivity index (χ2v) is 6.08. The zero-order chi connectivity index (χ0) is 15.7. The van der Waals surface area contributed by atoms with Crippen LogP contribution in [0.2, 0.25) is 0 Å². The molecule has 1 aromatic heterocycles. The standard InChI is InChI=1S/C17H21N3O2/c1-11(2)20-16(21)10-15(19-17(20)22)18-14-9-5-7-12-6-3-4-8-13(12)14/h3-4,6,8,10-11,14,18H,5,7,9H2,1-2H3,(H,19,22)/t14-/m1/s1. The van der Waals surface area contributed by atoms with E-state index in [9.17, 15) is 9.59 Å². The number of nitrogens with one attached hydrogen (secondary N) is 2. The fourth-order valence-corrected chi connectivity index (χ4v) is 3.16. The molecule has 3 rings (SSSR count). The van der Waals surface area contributed by atoms with Crippen LogP contribution in [0.25, 0.3) is 0 Å². The number of H-pyrrole nitrogens is 1. The fourth-order valence-electron chi connectivity index (χ4n) is 3.16. The zero-order valence-corrected chi connectivity index (χ0v) is 12.9. The Hall–Kier alpha value is -2.30. The maximum absolute atomic E-state index is 12.1.